The molecular weight excluding hydrogens is 284 g/mol. The molecule has 1 aliphatic heterocycles. The topological polar surface area (TPSA) is 17.3 Å². The number of aromatic nitrogens is 2. The van der Waals surface area contributed by atoms with Crippen LogP contribution in [0, 0.1) is 0 Å². The molecule has 84 valence electrons. The van der Waals surface area contributed by atoms with Crippen LogP contribution in [0.2, 0.25) is 0 Å². The number of hydrogen-bond acceptors (Lipinski definition) is 2. The third-order valence-electron chi connectivity index (χ3n) is 3.08. The lowest BCUT2D eigenvalue weighted by Crippen LogP contribution is -2.07. The van der Waals surface area contributed by atoms with Crippen molar-refractivity contribution in [2.24, 2.45) is 0 Å². The maximum Gasteiger partial charge on any atom is 0.138 e. The number of fused-ring (bicyclic) bond motifs is 1. The molecule has 0 unspecified atom stereocenters. The zero-order valence-corrected chi connectivity index (χ0v) is 11.3. The largest absolute Gasteiger partial charge is 0.307 e. The maximum atomic E-state index is 4.72. The van der Waals surface area contributed by atoms with Crippen molar-refractivity contribution >= 4 is 33.3 Å². The van der Waals surface area contributed by atoms with Crippen molar-refractivity contribution in [1.29, 1.82) is 0 Å². The van der Waals surface area contributed by atoms with Gasteiger partial charge in [-0.3, -0.25) is 0 Å². The second-order valence-corrected chi connectivity index (χ2v) is 6.30. The van der Waals surface area contributed by atoms with Gasteiger partial charge in [-0.05, 0) is 36.5 Å². The van der Waals surface area contributed by atoms with Crippen molar-refractivity contribution < 1.29 is 0 Å². The fraction of sp³-hybridized carbons (Fsp3) is 0.417. The molecule has 1 fully saturated rings. The average molecular weight is 297 g/mol. The summed E-state index contributed by atoms with van der Waals surface area (Å²) in [5.41, 5.74) is 2.31. The maximum absolute atomic E-state index is 4.72. The van der Waals surface area contributed by atoms with Crippen molar-refractivity contribution in [1.82, 2.24) is 9.38 Å². The van der Waals surface area contributed by atoms with Gasteiger partial charge in [0, 0.05) is 22.8 Å². The Hall–Kier alpha value is -0.480. The fourth-order valence-electron chi connectivity index (χ4n) is 2.17. The first-order valence-electron chi connectivity index (χ1n) is 5.55. The Labute approximate surface area is 108 Å². The molecule has 2 nitrogen and oxygen atoms in total. The molecule has 3 rings (SSSR count). The molecule has 4 heteroatoms. The van der Waals surface area contributed by atoms with Gasteiger partial charge >= 0.3 is 0 Å². The monoisotopic (exact) mass is 296 g/mol. The standard InChI is InChI=1S/C12H13BrN2S/c13-10-1-4-15-8-11(14-12(15)7-10)9-2-5-16-6-3-9/h1,4,7-9H,2-3,5-6H2. The number of halogens is 1. The molecule has 0 saturated carbocycles. The summed E-state index contributed by atoms with van der Waals surface area (Å²) >= 11 is 5.54. The zero-order chi connectivity index (χ0) is 11.0. The smallest absolute Gasteiger partial charge is 0.138 e. The minimum Gasteiger partial charge on any atom is -0.307 e. The molecule has 0 radical (unpaired) electrons. The quantitative estimate of drug-likeness (QED) is 0.798. The van der Waals surface area contributed by atoms with Gasteiger partial charge in [-0.15, -0.1) is 0 Å². The van der Waals surface area contributed by atoms with E-state index in [0.717, 1.165) is 10.1 Å². The summed E-state index contributed by atoms with van der Waals surface area (Å²) in [5, 5.41) is 0. The predicted octanol–water partition coefficient (Wildman–Crippen LogP) is 3.71. The van der Waals surface area contributed by atoms with Crippen LogP contribution in [0.25, 0.3) is 5.65 Å². The van der Waals surface area contributed by atoms with Crippen molar-refractivity contribution in [2.45, 2.75) is 18.8 Å². The van der Waals surface area contributed by atoms with Gasteiger partial charge in [-0.2, -0.15) is 11.8 Å². The highest BCUT2D eigenvalue weighted by atomic mass is 79.9. The van der Waals surface area contributed by atoms with Gasteiger partial charge in [-0.25, -0.2) is 4.98 Å². The van der Waals surface area contributed by atoms with Crippen LogP contribution in [0.15, 0.2) is 29.0 Å². The van der Waals surface area contributed by atoms with E-state index >= 15 is 0 Å². The summed E-state index contributed by atoms with van der Waals surface area (Å²) in [6, 6.07) is 4.12. The molecular formula is C12H13BrN2S. The lowest BCUT2D eigenvalue weighted by atomic mass is 10.00. The van der Waals surface area contributed by atoms with Crippen molar-refractivity contribution in [2.75, 3.05) is 11.5 Å². The molecule has 1 saturated heterocycles. The molecule has 0 atom stereocenters. The third-order valence-corrected chi connectivity index (χ3v) is 4.62. The van der Waals surface area contributed by atoms with Gasteiger partial charge in [0.2, 0.25) is 0 Å². The Bertz CT molecular complexity index is 503. The molecule has 0 amide bonds. The number of imidazole rings is 1. The highest BCUT2D eigenvalue weighted by Gasteiger charge is 2.18. The molecule has 2 aromatic rings. The van der Waals surface area contributed by atoms with Crippen LogP contribution in [0.1, 0.15) is 24.5 Å². The first-order chi connectivity index (χ1) is 7.83. The van der Waals surface area contributed by atoms with Crippen LogP contribution in [0.5, 0.6) is 0 Å². The van der Waals surface area contributed by atoms with Crippen LogP contribution in [0.4, 0.5) is 0 Å². The van der Waals surface area contributed by atoms with Crippen molar-refractivity contribution in [3.8, 4) is 0 Å². The first kappa shape index (κ1) is 10.7. The molecule has 1 aliphatic rings. The summed E-state index contributed by atoms with van der Waals surface area (Å²) in [5.74, 6) is 3.23. The van der Waals surface area contributed by atoms with E-state index in [2.05, 4.69) is 56.6 Å². The summed E-state index contributed by atoms with van der Waals surface area (Å²) in [6.45, 7) is 0. The van der Waals surface area contributed by atoms with E-state index in [0.29, 0.717) is 5.92 Å². The highest BCUT2D eigenvalue weighted by Crippen LogP contribution is 2.31. The summed E-state index contributed by atoms with van der Waals surface area (Å²) in [6.07, 6.45) is 6.79. The van der Waals surface area contributed by atoms with Gasteiger partial charge in [0.05, 0.1) is 5.69 Å². The van der Waals surface area contributed by atoms with Crippen LogP contribution < -0.4 is 0 Å². The first-order valence-corrected chi connectivity index (χ1v) is 7.49. The minimum absolute atomic E-state index is 0.667. The van der Waals surface area contributed by atoms with E-state index in [1.807, 2.05) is 0 Å². The Kier molecular flexibility index (Phi) is 2.94. The lowest BCUT2D eigenvalue weighted by Gasteiger charge is -2.18. The highest BCUT2D eigenvalue weighted by molar-refractivity contribution is 9.10. The van der Waals surface area contributed by atoms with Gasteiger partial charge in [-0.1, -0.05) is 15.9 Å². The average Bonchev–Trinajstić information content (AvgIpc) is 2.73. The number of hydrogen-bond donors (Lipinski definition) is 0. The van der Waals surface area contributed by atoms with Crippen molar-refractivity contribution in [3.63, 3.8) is 0 Å². The van der Waals surface area contributed by atoms with Gasteiger partial charge in [0.15, 0.2) is 0 Å². The normalized spacial score (nSPS) is 18.1. The molecule has 0 aromatic carbocycles. The molecule has 0 bridgehead atoms. The summed E-state index contributed by atoms with van der Waals surface area (Å²) < 4.78 is 3.21. The predicted molar refractivity (Wildman–Crippen MR) is 72.2 cm³/mol. The Morgan fingerprint density at radius 2 is 2.19 bits per heavy atom. The number of nitrogens with zero attached hydrogens (tertiary/aromatic N) is 2. The Morgan fingerprint density at radius 1 is 1.38 bits per heavy atom. The fourth-order valence-corrected chi connectivity index (χ4v) is 3.60. The van der Waals surface area contributed by atoms with Gasteiger partial charge < -0.3 is 4.40 Å². The zero-order valence-electron chi connectivity index (χ0n) is 8.90. The number of pyridine rings is 1. The SMILES string of the molecule is Brc1ccn2cc(C3CCSCC3)nc2c1. The second kappa shape index (κ2) is 4.41. The number of thioether (sulfide) groups is 1. The van der Waals surface area contributed by atoms with Crippen LogP contribution in [0.3, 0.4) is 0 Å². The van der Waals surface area contributed by atoms with Crippen LogP contribution in [-0.4, -0.2) is 20.9 Å². The van der Waals surface area contributed by atoms with E-state index in [9.17, 15) is 0 Å². The van der Waals surface area contributed by atoms with E-state index in [1.165, 1.54) is 30.0 Å². The van der Waals surface area contributed by atoms with E-state index in [4.69, 9.17) is 4.98 Å². The van der Waals surface area contributed by atoms with E-state index < -0.39 is 0 Å². The van der Waals surface area contributed by atoms with Crippen molar-refractivity contribution in [3.05, 3.63) is 34.7 Å². The second-order valence-electron chi connectivity index (χ2n) is 4.16. The summed E-state index contributed by atoms with van der Waals surface area (Å²) in [4.78, 5) is 4.72. The Morgan fingerprint density at radius 3 is 3.00 bits per heavy atom. The Balaban J connectivity index is 1.97. The molecule has 3 heterocycles. The molecule has 0 N–H and O–H groups in total. The third kappa shape index (κ3) is 2.00. The lowest BCUT2D eigenvalue weighted by molar-refractivity contribution is 0.623. The van der Waals surface area contributed by atoms with Gasteiger partial charge in [0.1, 0.15) is 5.65 Å². The molecule has 0 spiro atoms. The molecule has 16 heavy (non-hydrogen) atoms. The number of rotatable bonds is 1. The minimum atomic E-state index is 0.667. The van der Waals surface area contributed by atoms with E-state index in [1.54, 1.807) is 0 Å². The molecule has 2 aromatic heterocycles. The van der Waals surface area contributed by atoms with Crippen LogP contribution >= 0.6 is 27.7 Å². The summed E-state index contributed by atoms with van der Waals surface area (Å²) in [7, 11) is 0. The van der Waals surface area contributed by atoms with E-state index in [-0.39, 0.29) is 0 Å². The van der Waals surface area contributed by atoms with Gasteiger partial charge in [0.25, 0.3) is 0 Å². The molecule has 0 aliphatic carbocycles. The van der Waals surface area contributed by atoms with Crippen LogP contribution in [-0.2, 0) is 0 Å².